The summed E-state index contributed by atoms with van der Waals surface area (Å²) in [6.07, 6.45) is 0.217. The summed E-state index contributed by atoms with van der Waals surface area (Å²) in [5.74, 6) is 1.53. The van der Waals surface area contributed by atoms with E-state index in [9.17, 15) is 13.0 Å². The third kappa shape index (κ3) is 6.30. The number of rotatable bonds is 9. The number of nitrogens with zero attached hydrogens (tertiary/aromatic N) is 2. The first-order chi connectivity index (χ1) is 18.8. The summed E-state index contributed by atoms with van der Waals surface area (Å²) in [6.45, 7) is 1.86. The summed E-state index contributed by atoms with van der Waals surface area (Å²) >= 11 is 1.67. The van der Waals surface area contributed by atoms with Crippen LogP contribution in [-0.4, -0.2) is 39.0 Å². The average molecular weight is 585 g/mol. The van der Waals surface area contributed by atoms with Gasteiger partial charge in [0.05, 0.1) is 46.3 Å². The molecule has 0 bridgehead atoms. The van der Waals surface area contributed by atoms with Gasteiger partial charge < -0.3 is 23.8 Å². The summed E-state index contributed by atoms with van der Waals surface area (Å²) in [4.78, 5) is 6.38. The fraction of sp³-hybridized carbons (Fsp3) is 0.200. The fourth-order valence-electron chi connectivity index (χ4n) is 4.60. The first-order valence-corrected chi connectivity index (χ1v) is 14.8. The Balaban J connectivity index is 0.00000370. The Morgan fingerprint density at radius 2 is 1.38 bits per heavy atom. The first-order valence-electron chi connectivity index (χ1n) is 12.5. The van der Waals surface area contributed by atoms with Crippen LogP contribution in [0.5, 0.6) is 11.5 Å². The van der Waals surface area contributed by atoms with Gasteiger partial charge in [0, 0.05) is 28.1 Å². The van der Waals surface area contributed by atoms with E-state index in [4.69, 9.17) is 9.47 Å². The Kier molecular flexibility index (Phi) is 9.76. The topological polar surface area (TPSA) is 82.1 Å². The zero-order chi connectivity index (χ0) is 27.6. The monoisotopic (exact) mass is 584 g/mol. The normalized spacial score (nSPS) is 12.9. The SMILES string of the molecule is COc1ccc(N(c2ccc(OC)cc2)c2cccc3c2Sc2ccccc2N3CCC(C)S(=O)(=O)[O-])cc1.[Na+]. The van der Waals surface area contributed by atoms with Crippen LogP contribution < -0.4 is 48.8 Å². The van der Waals surface area contributed by atoms with E-state index in [0.717, 1.165) is 49.7 Å². The molecular weight excluding hydrogens is 555 g/mol. The van der Waals surface area contributed by atoms with Crippen molar-refractivity contribution in [2.75, 3.05) is 30.6 Å². The molecule has 1 atom stereocenters. The molecule has 0 fully saturated rings. The second-order valence-corrected chi connectivity index (χ2v) is 12.0. The van der Waals surface area contributed by atoms with Crippen LogP contribution in [0.2, 0.25) is 0 Å². The maximum atomic E-state index is 11.6. The van der Waals surface area contributed by atoms with Gasteiger partial charge in [-0.15, -0.1) is 0 Å². The van der Waals surface area contributed by atoms with Crippen molar-refractivity contribution in [2.24, 2.45) is 0 Å². The number of ether oxygens (including phenoxy) is 2. The second kappa shape index (κ2) is 12.9. The molecule has 0 aliphatic carbocycles. The molecule has 1 unspecified atom stereocenters. The molecule has 40 heavy (non-hydrogen) atoms. The molecule has 1 aliphatic heterocycles. The van der Waals surface area contributed by atoms with E-state index in [0.29, 0.717) is 6.54 Å². The molecule has 202 valence electrons. The fourth-order valence-corrected chi connectivity index (χ4v) is 6.19. The van der Waals surface area contributed by atoms with Crippen LogP contribution in [0.1, 0.15) is 13.3 Å². The summed E-state index contributed by atoms with van der Waals surface area (Å²) in [5.41, 5.74) is 4.82. The molecule has 0 spiro atoms. The average Bonchev–Trinajstić information content (AvgIpc) is 2.95. The third-order valence-corrected chi connectivity index (χ3v) is 9.20. The van der Waals surface area contributed by atoms with Crippen LogP contribution in [0.3, 0.4) is 0 Å². The summed E-state index contributed by atoms with van der Waals surface area (Å²) in [5, 5.41) is -0.985. The maximum absolute atomic E-state index is 11.6. The first kappa shape index (κ1) is 30.3. The zero-order valence-corrected chi connectivity index (χ0v) is 26.5. The number of hydrogen-bond acceptors (Lipinski definition) is 8. The molecule has 4 aromatic carbocycles. The molecule has 4 aromatic rings. The van der Waals surface area contributed by atoms with Crippen molar-refractivity contribution in [3.63, 3.8) is 0 Å². The minimum Gasteiger partial charge on any atom is -0.748 e. The second-order valence-electron chi connectivity index (χ2n) is 9.17. The van der Waals surface area contributed by atoms with Crippen LogP contribution >= 0.6 is 11.8 Å². The Morgan fingerprint density at radius 1 is 0.825 bits per heavy atom. The Bertz CT molecular complexity index is 1520. The summed E-state index contributed by atoms with van der Waals surface area (Å²) < 4.78 is 45.7. The molecule has 1 heterocycles. The smallest absolute Gasteiger partial charge is 0.748 e. The van der Waals surface area contributed by atoms with Crippen molar-refractivity contribution in [3.8, 4) is 11.5 Å². The zero-order valence-electron chi connectivity index (χ0n) is 22.9. The van der Waals surface area contributed by atoms with Crippen LogP contribution in [0, 0.1) is 0 Å². The van der Waals surface area contributed by atoms with Gasteiger partial charge in [0.2, 0.25) is 0 Å². The van der Waals surface area contributed by atoms with Gasteiger partial charge in [0.1, 0.15) is 11.5 Å². The molecular formula is C30H29N2NaO5S2. The van der Waals surface area contributed by atoms with Gasteiger partial charge in [0.15, 0.2) is 0 Å². The predicted octanol–water partition coefficient (Wildman–Crippen LogP) is 4.10. The van der Waals surface area contributed by atoms with Crippen molar-refractivity contribution in [1.29, 1.82) is 0 Å². The maximum Gasteiger partial charge on any atom is 1.00 e. The summed E-state index contributed by atoms with van der Waals surface area (Å²) in [6, 6.07) is 30.0. The van der Waals surface area contributed by atoms with Crippen molar-refractivity contribution in [2.45, 2.75) is 28.4 Å². The third-order valence-electron chi connectivity index (χ3n) is 6.79. The molecule has 1 aliphatic rings. The van der Waals surface area contributed by atoms with Crippen molar-refractivity contribution in [3.05, 3.63) is 91.0 Å². The molecule has 0 aromatic heterocycles. The number of methoxy groups -OCH3 is 2. The molecule has 0 radical (unpaired) electrons. The minimum absolute atomic E-state index is 0. The molecule has 0 saturated heterocycles. The number of benzene rings is 4. The van der Waals surface area contributed by atoms with Gasteiger partial charge in [-0.05, 0) is 86.1 Å². The number of hydrogen-bond donors (Lipinski definition) is 0. The largest absolute Gasteiger partial charge is 1.00 e. The van der Waals surface area contributed by atoms with Gasteiger partial charge >= 0.3 is 29.6 Å². The molecule has 10 heteroatoms. The molecule has 0 saturated carbocycles. The van der Waals surface area contributed by atoms with Gasteiger partial charge in [0.25, 0.3) is 0 Å². The Hall–Kier alpha value is -2.66. The van der Waals surface area contributed by atoms with Gasteiger partial charge in [-0.3, -0.25) is 0 Å². The van der Waals surface area contributed by atoms with E-state index in [1.54, 1.807) is 26.0 Å². The van der Waals surface area contributed by atoms with E-state index in [1.807, 2.05) is 78.9 Å². The van der Waals surface area contributed by atoms with Gasteiger partial charge in [-0.1, -0.05) is 30.0 Å². The number of anilines is 5. The van der Waals surface area contributed by atoms with E-state index >= 15 is 0 Å². The molecule has 0 amide bonds. The number of para-hydroxylation sites is 1. The van der Waals surface area contributed by atoms with E-state index < -0.39 is 15.4 Å². The van der Waals surface area contributed by atoms with Crippen LogP contribution in [-0.2, 0) is 10.1 Å². The van der Waals surface area contributed by atoms with Crippen LogP contribution in [0.25, 0.3) is 0 Å². The predicted molar refractivity (Wildman–Crippen MR) is 156 cm³/mol. The molecule has 0 N–H and O–H groups in total. The van der Waals surface area contributed by atoms with Crippen molar-refractivity contribution in [1.82, 2.24) is 0 Å². The quantitative estimate of drug-likeness (QED) is 0.215. The van der Waals surface area contributed by atoms with Crippen LogP contribution in [0.4, 0.5) is 28.4 Å². The van der Waals surface area contributed by atoms with Crippen LogP contribution in [0.15, 0.2) is 101 Å². The van der Waals surface area contributed by atoms with E-state index in [2.05, 4.69) is 21.9 Å². The van der Waals surface area contributed by atoms with Gasteiger partial charge in [-0.2, -0.15) is 0 Å². The standard InChI is InChI=1S/C30H30N2O5S2.Na/c1-21(39(33,34)35)19-20-31-26-7-4-5-10-29(26)38-30-27(31)8-6-9-28(30)32(22-11-15-24(36-2)16-12-22)23-13-17-25(37-3)18-14-23;/h4-18,21H,19-20H2,1-3H3,(H,33,34,35);/q;+1/p-1. The summed E-state index contributed by atoms with van der Waals surface area (Å²) in [7, 11) is -1.09. The number of fused-ring (bicyclic) bond motifs is 2. The minimum atomic E-state index is -4.37. The molecule has 5 rings (SSSR count). The van der Waals surface area contributed by atoms with Crippen molar-refractivity contribution >= 4 is 50.3 Å². The van der Waals surface area contributed by atoms with E-state index in [1.165, 1.54) is 6.92 Å². The van der Waals surface area contributed by atoms with E-state index in [-0.39, 0.29) is 36.0 Å². The molecule has 7 nitrogen and oxygen atoms in total. The van der Waals surface area contributed by atoms with Gasteiger partial charge in [-0.25, -0.2) is 8.42 Å². The Morgan fingerprint density at radius 3 is 1.93 bits per heavy atom. The Labute approximate surface area is 262 Å². The van der Waals surface area contributed by atoms with Crippen molar-refractivity contribution < 1.29 is 52.0 Å².